The minimum atomic E-state index is -0.220. The summed E-state index contributed by atoms with van der Waals surface area (Å²) in [6.45, 7) is 7.74. The highest BCUT2D eigenvalue weighted by atomic mass is 127. The lowest BCUT2D eigenvalue weighted by atomic mass is 10.1. The van der Waals surface area contributed by atoms with Crippen molar-refractivity contribution < 1.29 is 9.18 Å². The van der Waals surface area contributed by atoms with Gasteiger partial charge in [0.15, 0.2) is 5.96 Å². The minimum Gasteiger partial charge on any atom is -0.357 e. The van der Waals surface area contributed by atoms with Crippen LogP contribution in [0.3, 0.4) is 0 Å². The molecule has 6 nitrogen and oxygen atoms in total. The van der Waals surface area contributed by atoms with Crippen LogP contribution in [0.1, 0.15) is 31.9 Å². The predicted octanol–water partition coefficient (Wildman–Crippen LogP) is 4.27. The number of rotatable bonds is 8. The Balaban J connectivity index is 0.00000450. The summed E-state index contributed by atoms with van der Waals surface area (Å²) in [5.74, 6) is 0.491. The average Bonchev–Trinajstić information content (AvgIpc) is 2.66. The first kappa shape index (κ1) is 25.7. The number of amides is 2. The molecule has 0 fully saturated rings. The van der Waals surface area contributed by atoms with Crippen LogP contribution in [0.2, 0.25) is 0 Å². The monoisotopic (exact) mass is 527 g/mol. The van der Waals surface area contributed by atoms with Gasteiger partial charge in [0.1, 0.15) is 5.82 Å². The van der Waals surface area contributed by atoms with Crippen molar-refractivity contribution in [3.8, 4) is 0 Å². The molecule has 8 heteroatoms. The van der Waals surface area contributed by atoms with Crippen molar-refractivity contribution in [2.75, 3.05) is 18.4 Å². The highest BCUT2D eigenvalue weighted by molar-refractivity contribution is 14.0. The van der Waals surface area contributed by atoms with Crippen molar-refractivity contribution in [1.82, 2.24) is 16.0 Å². The lowest BCUT2D eigenvalue weighted by molar-refractivity contribution is 0.250. The first-order valence-corrected chi connectivity index (χ1v) is 9.89. The summed E-state index contributed by atoms with van der Waals surface area (Å²) in [4.78, 5) is 16.3. The van der Waals surface area contributed by atoms with E-state index < -0.39 is 0 Å². The Morgan fingerprint density at radius 1 is 1.07 bits per heavy atom. The fourth-order valence-electron chi connectivity index (χ4n) is 2.65. The third kappa shape index (κ3) is 9.91. The molecule has 0 aliphatic carbocycles. The molecule has 2 aromatic rings. The largest absolute Gasteiger partial charge is 0.357 e. The molecule has 2 aromatic carbocycles. The molecule has 0 bridgehead atoms. The van der Waals surface area contributed by atoms with Crippen LogP contribution in [0.15, 0.2) is 53.5 Å². The number of hydrogen-bond acceptors (Lipinski definition) is 2. The average molecular weight is 527 g/mol. The van der Waals surface area contributed by atoms with Gasteiger partial charge in [-0.1, -0.05) is 24.3 Å². The normalized spacial score (nSPS) is 10.9. The smallest absolute Gasteiger partial charge is 0.319 e. The summed E-state index contributed by atoms with van der Waals surface area (Å²) < 4.78 is 13.3. The molecule has 0 atom stereocenters. The van der Waals surface area contributed by atoms with Gasteiger partial charge in [0.25, 0.3) is 0 Å². The number of halogens is 2. The van der Waals surface area contributed by atoms with Gasteiger partial charge >= 0.3 is 6.03 Å². The van der Waals surface area contributed by atoms with Gasteiger partial charge in [-0.25, -0.2) is 14.2 Å². The maximum absolute atomic E-state index is 13.3. The summed E-state index contributed by atoms with van der Waals surface area (Å²) in [6.07, 6.45) is 0.709. The van der Waals surface area contributed by atoms with E-state index in [-0.39, 0.29) is 41.9 Å². The summed E-state index contributed by atoms with van der Waals surface area (Å²) in [5.41, 5.74) is 2.70. The summed E-state index contributed by atoms with van der Waals surface area (Å²) >= 11 is 0. The van der Waals surface area contributed by atoms with Gasteiger partial charge in [0.2, 0.25) is 0 Å². The van der Waals surface area contributed by atoms with Crippen LogP contribution in [0.25, 0.3) is 0 Å². The summed E-state index contributed by atoms with van der Waals surface area (Å²) in [6, 6.07) is 14.1. The molecule has 0 aliphatic rings. The van der Waals surface area contributed by atoms with Crippen molar-refractivity contribution in [3.05, 3.63) is 65.5 Å². The lowest BCUT2D eigenvalue weighted by Crippen LogP contribution is -2.38. The third-order valence-electron chi connectivity index (χ3n) is 3.99. The van der Waals surface area contributed by atoms with Crippen LogP contribution < -0.4 is 21.3 Å². The molecule has 0 unspecified atom stereocenters. The van der Waals surface area contributed by atoms with Crippen LogP contribution in [-0.4, -0.2) is 31.1 Å². The molecule has 0 aliphatic heterocycles. The maximum Gasteiger partial charge on any atom is 0.319 e. The molecule has 164 valence electrons. The number of guanidine groups is 1. The van der Waals surface area contributed by atoms with Crippen LogP contribution >= 0.6 is 24.0 Å². The maximum atomic E-state index is 13.3. The Morgan fingerprint density at radius 2 is 1.80 bits per heavy atom. The number of benzene rings is 2. The van der Waals surface area contributed by atoms with Crippen LogP contribution in [-0.2, 0) is 13.0 Å². The zero-order chi connectivity index (χ0) is 21.1. The fraction of sp³-hybridized carbons (Fsp3) is 0.364. The summed E-state index contributed by atoms with van der Waals surface area (Å²) in [7, 11) is 0. The molecule has 2 rings (SSSR count). The van der Waals surface area contributed by atoms with E-state index in [1.54, 1.807) is 12.1 Å². The van der Waals surface area contributed by atoms with Gasteiger partial charge in [0, 0.05) is 24.8 Å². The molecular weight excluding hydrogens is 496 g/mol. The number of anilines is 1. The highest BCUT2D eigenvalue weighted by Gasteiger charge is 2.03. The molecule has 2 amide bonds. The molecule has 30 heavy (non-hydrogen) atoms. The summed E-state index contributed by atoms with van der Waals surface area (Å²) in [5, 5.41) is 12.1. The van der Waals surface area contributed by atoms with E-state index in [1.807, 2.05) is 51.1 Å². The zero-order valence-corrected chi connectivity index (χ0v) is 20.0. The first-order valence-electron chi connectivity index (χ1n) is 9.89. The number of carbonyl (C=O) groups is 1. The van der Waals surface area contributed by atoms with Crippen molar-refractivity contribution in [2.45, 2.75) is 39.8 Å². The molecule has 4 N–H and O–H groups in total. The first-order chi connectivity index (χ1) is 14.0. The Bertz CT molecular complexity index is 811. The van der Waals surface area contributed by atoms with Gasteiger partial charge < -0.3 is 21.3 Å². The number of carbonyl (C=O) groups excluding carboxylic acids is 1. The Hall–Kier alpha value is -2.36. The molecule has 0 spiro atoms. The molecule has 0 radical (unpaired) electrons. The topological polar surface area (TPSA) is 77.5 Å². The second kappa shape index (κ2) is 13.8. The second-order valence-corrected chi connectivity index (χ2v) is 6.95. The van der Waals surface area contributed by atoms with Gasteiger partial charge in [-0.15, -0.1) is 24.0 Å². The van der Waals surface area contributed by atoms with Crippen molar-refractivity contribution in [2.24, 2.45) is 4.99 Å². The van der Waals surface area contributed by atoms with E-state index in [9.17, 15) is 9.18 Å². The van der Waals surface area contributed by atoms with Crippen LogP contribution in [0, 0.1) is 5.82 Å². The number of urea groups is 1. The molecule has 0 saturated carbocycles. The van der Waals surface area contributed by atoms with E-state index in [0.717, 1.165) is 23.4 Å². The number of hydrogen-bond donors (Lipinski definition) is 4. The second-order valence-electron chi connectivity index (χ2n) is 6.95. The van der Waals surface area contributed by atoms with Gasteiger partial charge in [-0.2, -0.15) is 0 Å². The van der Waals surface area contributed by atoms with Crippen LogP contribution in [0.4, 0.5) is 14.9 Å². The Labute approximate surface area is 195 Å². The van der Waals surface area contributed by atoms with Gasteiger partial charge in [-0.05, 0) is 62.6 Å². The molecule has 0 aromatic heterocycles. The molecule has 0 heterocycles. The van der Waals surface area contributed by atoms with Gasteiger partial charge in [0.05, 0.1) is 6.54 Å². The number of aliphatic imine (C=N–C) groups is 1. The predicted molar refractivity (Wildman–Crippen MR) is 132 cm³/mol. The van der Waals surface area contributed by atoms with E-state index in [1.165, 1.54) is 6.07 Å². The van der Waals surface area contributed by atoms with Crippen molar-refractivity contribution >= 4 is 41.7 Å². The lowest BCUT2D eigenvalue weighted by Gasteiger charge is -2.12. The zero-order valence-electron chi connectivity index (χ0n) is 17.7. The van der Waals surface area contributed by atoms with E-state index in [2.05, 4.69) is 26.3 Å². The van der Waals surface area contributed by atoms with E-state index >= 15 is 0 Å². The highest BCUT2D eigenvalue weighted by Crippen LogP contribution is 2.10. The molecule has 0 saturated heterocycles. The van der Waals surface area contributed by atoms with E-state index in [0.29, 0.717) is 25.5 Å². The van der Waals surface area contributed by atoms with Crippen molar-refractivity contribution in [1.29, 1.82) is 0 Å². The van der Waals surface area contributed by atoms with Crippen molar-refractivity contribution in [3.63, 3.8) is 0 Å². The van der Waals surface area contributed by atoms with Crippen LogP contribution in [0.5, 0.6) is 0 Å². The van der Waals surface area contributed by atoms with E-state index in [4.69, 9.17) is 0 Å². The quantitative estimate of drug-likeness (QED) is 0.235. The fourth-order valence-corrected chi connectivity index (χ4v) is 2.65. The minimum absolute atomic E-state index is 0. The molecular formula is C22H31FIN5O. The number of nitrogens with one attached hydrogen (secondary N) is 4. The Kier molecular flexibility index (Phi) is 11.8. The third-order valence-corrected chi connectivity index (χ3v) is 3.99. The SMILES string of the molecule is CCNC(=NCc1ccc(NC(=O)NC(C)C)cc1)NCCc1cccc(F)c1.I. The Morgan fingerprint density at radius 3 is 2.43 bits per heavy atom. The van der Waals surface area contributed by atoms with Gasteiger partial charge in [-0.3, -0.25) is 0 Å². The standard InChI is InChI=1S/C22H30FN5O.HI/c1-4-24-21(25-13-12-17-6-5-7-19(23)14-17)26-15-18-8-10-20(11-9-18)28-22(29)27-16(2)3;/h5-11,14,16H,4,12-13,15H2,1-3H3,(H2,24,25,26)(H2,27,28,29);1H. The number of nitrogens with zero attached hydrogens (tertiary/aromatic N) is 1.